The lowest BCUT2D eigenvalue weighted by atomic mass is 10.1. The molecule has 0 spiro atoms. The van der Waals surface area contributed by atoms with Gasteiger partial charge in [0, 0.05) is 24.2 Å². The molecule has 0 aliphatic carbocycles. The highest BCUT2D eigenvalue weighted by molar-refractivity contribution is 7.98. The average Bonchev–Trinajstić information content (AvgIpc) is 3.18. The smallest absolute Gasteiger partial charge is 0.187 e. The van der Waals surface area contributed by atoms with Crippen molar-refractivity contribution < 1.29 is 4.74 Å². The number of rotatable bonds is 6. The molecule has 0 amide bonds. The van der Waals surface area contributed by atoms with E-state index in [9.17, 15) is 0 Å². The van der Waals surface area contributed by atoms with Crippen LogP contribution in [0, 0.1) is 0 Å². The summed E-state index contributed by atoms with van der Waals surface area (Å²) >= 11 is 3.10. The minimum atomic E-state index is 0.471. The standard InChI is InChI=1S/C23H19N5OS2/c1-30-22-25-11-8-16(27-22)19-17-9-12-26-23(31-2)28(17)21-20(19)18(10-13-24-21)29-14-15-6-4-3-5-7-15/h3-13H,14H2,1-2H3. The number of pyridine rings is 1. The van der Waals surface area contributed by atoms with Gasteiger partial charge in [0.2, 0.25) is 0 Å². The van der Waals surface area contributed by atoms with Crippen LogP contribution in [0.25, 0.3) is 27.8 Å². The number of hydrogen-bond acceptors (Lipinski definition) is 7. The second-order valence-corrected chi connectivity index (χ2v) is 8.28. The third-order valence-electron chi connectivity index (χ3n) is 4.95. The third-order valence-corrected chi connectivity index (χ3v) is 6.17. The molecule has 0 atom stereocenters. The number of nitrogens with zero attached hydrogens (tertiary/aromatic N) is 5. The zero-order chi connectivity index (χ0) is 21.2. The Morgan fingerprint density at radius 2 is 1.68 bits per heavy atom. The van der Waals surface area contributed by atoms with Gasteiger partial charge in [-0.25, -0.2) is 19.9 Å². The van der Waals surface area contributed by atoms with E-state index in [1.54, 1.807) is 24.2 Å². The molecule has 8 heteroatoms. The minimum Gasteiger partial charge on any atom is -0.488 e. The number of hydrogen-bond donors (Lipinski definition) is 0. The monoisotopic (exact) mass is 445 g/mol. The van der Waals surface area contributed by atoms with Gasteiger partial charge in [-0.3, -0.25) is 4.40 Å². The highest BCUT2D eigenvalue weighted by Gasteiger charge is 2.22. The molecule has 0 aliphatic rings. The molecule has 31 heavy (non-hydrogen) atoms. The molecule has 0 fully saturated rings. The molecule has 0 bridgehead atoms. The topological polar surface area (TPSA) is 65.2 Å². The van der Waals surface area contributed by atoms with Crippen molar-refractivity contribution in [2.45, 2.75) is 16.9 Å². The van der Waals surface area contributed by atoms with Gasteiger partial charge in [0.1, 0.15) is 12.4 Å². The summed E-state index contributed by atoms with van der Waals surface area (Å²) in [6, 6.07) is 16.0. The van der Waals surface area contributed by atoms with Crippen molar-refractivity contribution in [3.8, 4) is 17.0 Å². The first-order chi connectivity index (χ1) is 15.3. The molecule has 5 rings (SSSR count). The Morgan fingerprint density at radius 3 is 2.48 bits per heavy atom. The van der Waals surface area contributed by atoms with Crippen LogP contribution in [0.15, 0.2) is 77.4 Å². The van der Waals surface area contributed by atoms with Gasteiger partial charge >= 0.3 is 0 Å². The van der Waals surface area contributed by atoms with E-state index < -0.39 is 0 Å². The largest absolute Gasteiger partial charge is 0.488 e. The van der Waals surface area contributed by atoms with Gasteiger partial charge in [0.25, 0.3) is 0 Å². The van der Waals surface area contributed by atoms with Crippen LogP contribution >= 0.6 is 23.5 Å². The number of thioether (sulfide) groups is 2. The number of aromatic nitrogens is 5. The lowest BCUT2D eigenvalue weighted by molar-refractivity contribution is 0.310. The summed E-state index contributed by atoms with van der Waals surface area (Å²) in [5, 5.41) is 2.51. The van der Waals surface area contributed by atoms with E-state index >= 15 is 0 Å². The average molecular weight is 446 g/mol. The van der Waals surface area contributed by atoms with Crippen molar-refractivity contribution in [1.29, 1.82) is 0 Å². The molecule has 5 aromatic rings. The Kier molecular flexibility index (Phi) is 5.48. The van der Waals surface area contributed by atoms with Gasteiger partial charge in [0.05, 0.1) is 16.6 Å². The van der Waals surface area contributed by atoms with E-state index in [0.29, 0.717) is 6.61 Å². The second kappa shape index (κ2) is 8.56. The maximum Gasteiger partial charge on any atom is 0.187 e. The van der Waals surface area contributed by atoms with Crippen LogP contribution < -0.4 is 4.74 Å². The van der Waals surface area contributed by atoms with Gasteiger partial charge in [-0.2, -0.15) is 0 Å². The Bertz CT molecular complexity index is 1370. The fraction of sp³-hybridized carbons (Fsp3) is 0.130. The van der Waals surface area contributed by atoms with Crippen LogP contribution in [-0.2, 0) is 6.61 Å². The Hall–Kier alpha value is -3.10. The van der Waals surface area contributed by atoms with Gasteiger partial charge < -0.3 is 4.74 Å². The minimum absolute atomic E-state index is 0.471. The van der Waals surface area contributed by atoms with Crippen LogP contribution in [0.4, 0.5) is 0 Å². The number of ether oxygens (including phenoxy) is 1. The van der Waals surface area contributed by atoms with E-state index in [4.69, 9.17) is 14.7 Å². The molecule has 4 heterocycles. The van der Waals surface area contributed by atoms with Crippen molar-refractivity contribution in [2.24, 2.45) is 0 Å². The molecule has 0 radical (unpaired) electrons. The van der Waals surface area contributed by atoms with Crippen LogP contribution in [0.3, 0.4) is 0 Å². The molecule has 0 aliphatic heterocycles. The van der Waals surface area contributed by atoms with Gasteiger partial charge in [0.15, 0.2) is 16.0 Å². The SMILES string of the molecule is CSc1nccc(-c2c3c(OCc4ccccc4)ccnc3n3c(SC)nccc23)n1. The van der Waals surface area contributed by atoms with E-state index in [0.717, 1.165) is 49.4 Å². The second-order valence-electron chi connectivity index (χ2n) is 6.74. The van der Waals surface area contributed by atoms with Crippen molar-refractivity contribution in [2.75, 3.05) is 12.5 Å². The van der Waals surface area contributed by atoms with Crippen LogP contribution in [0.5, 0.6) is 5.75 Å². The maximum atomic E-state index is 6.30. The Morgan fingerprint density at radius 1 is 0.871 bits per heavy atom. The number of benzene rings is 1. The van der Waals surface area contributed by atoms with E-state index in [-0.39, 0.29) is 0 Å². The van der Waals surface area contributed by atoms with Gasteiger partial charge in [-0.15, -0.1) is 0 Å². The predicted molar refractivity (Wildman–Crippen MR) is 126 cm³/mol. The summed E-state index contributed by atoms with van der Waals surface area (Å²) in [5.74, 6) is 0.768. The Balaban J connectivity index is 1.77. The fourth-order valence-electron chi connectivity index (χ4n) is 3.61. The quantitative estimate of drug-likeness (QED) is 0.257. The normalized spacial score (nSPS) is 11.3. The maximum absolute atomic E-state index is 6.30. The third kappa shape index (κ3) is 3.62. The van der Waals surface area contributed by atoms with Crippen LogP contribution in [0.1, 0.15) is 5.56 Å². The lowest BCUT2D eigenvalue weighted by Crippen LogP contribution is -1.97. The molecule has 6 nitrogen and oxygen atoms in total. The zero-order valence-electron chi connectivity index (χ0n) is 17.0. The fourth-order valence-corrected chi connectivity index (χ4v) is 4.50. The molecule has 0 saturated carbocycles. The number of fused-ring (bicyclic) bond motifs is 3. The van der Waals surface area contributed by atoms with Crippen molar-refractivity contribution >= 4 is 40.1 Å². The predicted octanol–water partition coefficient (Wildman–Crippen LogP) is 5.36. The highest BCUT2D eigenvalue weighted by Crippen LogP contribution is 2.40. The molecule has 154 valence electrons. The van der Waals surface area contributed by atoms with Crippen molar-refractivity contribution in [3.63, 3.8) is 0 Å². The lowest BCUT2D eigenvalue weighted by Gasteiger charge is -2.09. The van der Waals surface area contributed by atoms with E-state index in [1.807, 2.05) is 55.1 Å². The summed E-state index contributed by atoms with van der Waals surface area (Å²) in [7, 11) is 0. The molecule has 0 N–H and O–H groups in total. The van der Waals surface area contributed by atoms with Crippen molar-refractivity contribution in [1.82, 2.24) is 24.3 Å². The highest BCUT2D eigenvalue weighted by atomic mass is 32.2. The zero-order valence-corrected chi connectivity index (χ0v) is 18.7. The van der Waals surface area contributed by atoms with Crippen LogP contribution in [0.2, 0.25) is 0 Å². The molecular formula is C23H19N5OS2. The first-order valence-electron chi connectivity index (χ1n) is 9.66. The molecule has 0 unspecified atom stereocenters. The first kappa shape index (κ1) is 19.8. The summed E-state index contributed by atoms with van der Waals surface area (Å²) in [4.78, 5) is 18.4. The first-order valence-corrected chi connectivity index (χ1v) is 12.1. The van der Waals surface area contributed by atoms with Gasteiger partial charge in [-0.1, -0.05) is 53.9 Å². The molecular weight excluding hydrogens is 426 g/mol. The molecule has 4 aromatic heterocycles. The molecule has 0 saturated heterocycles. The summed E-state index contributed by atoms with van der Waals surface area (Å²) in [6.07, 6.45) is 9.38. The van der Waals surface area contributed by atoms with Crippen molar-refractivity contribution in [3.05, 3.63) is 72.7 Å². The summed E-state index contributed by atoms with van der Waals surface area (Å²) in [6.45, 7) is 0.471. The van der Waals surface area contributed by atoms with E-state index in [1.165, 1.54) is 11.8 Å². The summed E-state index contributed by atoms with van der Waals surface area (Å²) < 4.78 is 8.37. The van der Waals surface area contributed by atoms with E-state index in [2.05, 4.69) is 26.5 Å². The van der Waals surface area contributed by atoms with Crippen LogP contribution in [-0.4, -0.2) is 36.8 Å². The summed E-state index contributed by atoms with van der Waals surface area (Å²) in [5.41, 5.74) is 4.71. The molecule has 1 aromatic carbocycles. The Labute approximate surface area is 188 Å². The van der Waals surface area contributed by atoms with Gasteiger partial charge in [-0.05, 0) is 36.3 Å².